The minimum atomic E-state index is 0.355. The topological polar surface area (TPSA) is 34.9 Å². The maximum atomic E-state index is 9.92. The van der Waals surface area contributed by atoms with E-state index in [2.05, 4.69) is 5.10 Å². The van der Waals surface area contributed by atoms with Gasteiger partial charge in [0.1, 0.15) is 6.29 Å². The fourth-order valence-corrected chi connectivity index (χ4v) is 0.643. The Morgan fingerprint density at radius 2 is 2.67 bits per heavy atom. The van der Waals surface area contributed by atoms with Crippen LogP contribution in [0.3, 0.4) is 0 Å². The van der Waals surface area contributed by atoms with E-state index in [0.29, 0.717) is 6.54 Å². The van der Waals surface area contributed by atoms with Gasteiger partial charge in [0.15, 0.2) is 0 Å². The first kappa shape index (κ1) is 6.01. The van der Waals surface area contributed by atoms with Crippen LogP contribution in [0.25, 0.3) is 0 Å². The second kappa shape index (κ2) is 2.44. The van der Waals surface area contributed by atoms with E-state index in [1.54, 1.807) is 10.9 Å². The highest BCUT2D eigenvalue weighted by Gasteiger charge is 1.89. The summed E-state index contributed by atoms with van der Waals surface area (Å²) in [5.74, 6) is 0. The lowest BCUT2D eigenvalue weighted by Gasteiger charge is -1.87. The summed E-state index contributed by atoms with van der Waals surface area (Å²) in [4.78, 5) is 9.92. The zero-order valence-electron chi connectivity index (χ0n) is 5.24. The van der Waals surface area contributed by atoms with Gasteiger partial charge in [-0.15, -0.1) is 0 Å². The van der Waals surface area contributed by atoms with Crippen LogP contribution in [0.15, 0.2) is 12.4 Å². The van der Waals surface area contributed by atoms with Gasteiger partial charge in [-0.3, -0.25) is 4.68 Å². The van der Waals surface area contributed by atoms with Gasteiger partial charge in [0.25, 0.3) is 0 Å². The quantitative estimate of drug-likeness (QED) is 0.534. The second-order valence-electron chi connectivity index (χ2n) is 1.91. The Labute approximate surface area is 53.3 Å². The van der Waals surface area contributed by atoms with Crippen LogP contribution in [0.4, 0.5) is 0 Å². The zero-order chi connectivity index (χ0) is 6.69. The molecule has 0 saturated carbocycles. The highest BCUT2D eigenvalue weighted by molar-refractivity contribution is 5.48. The Balaban J connectivity index is 2.72. The highest BCUT2D eigenvalue weighted by atomic mass is 16.1. The fourth-order valence-electron chi connectivity index (χ4n) is 0.643. The second-order valence-corrected chi connectivity index (χ2v) is 1.91. The van der Waals surface area contributed by atoms with Crippen molar-refractivity contribution in [3.05, 3.63) is 18.0 Å². The molecule has 0 aliphatic carbocycles. The molecule has 0 atom stereocenters. The van der Waals surface area contributed by atoms with Crippen molar-refractivity contribution in [2.75, 3.05) is 0 Å². The van der Waals surface area contributed by atoms with E-state index in [9.17, 15) is 4.79 Å². The number of nitrogens with zero attached hydrogens (tertiary/aromatic N) is 2. The lowest BCUT2D eigenvalue weighted by Crippen LogP contribution is -1.97. The Morgan fingerprint density at radius 3 is 3.11 bits per heavy atom. The van der Waals surface area contributed by atoms with Gasteiger partial charge in [0.2, 0.25) is 0 Å². The van der Waals surface area contributed by atoms with Gasteiger partial charge in [-0.25, -0.2) is 0 Å². The molecule has 0 N–H and O–H groups in total. The average Bonchev–Trinajstić information content (AvgIpc) is 2.17. The molecule has 3 nitrogen and oxygen atoms in total. The summed E-state index contributed by atoms with van der Waals surface area (Å²) in [6.45, 7) is 2.29. The van der Waals surface area contributed by atoms with E-state index in [-0.39, 0.29) is 0 Å². The first-order valence-corrected chi connectivity index (χ1v) is 2.75. The van der Waals surface area contributed by atoms with E-state index in [4.69, 9.17) is 0 Å². The molecule has 0 radical (unpaired) electrons. The smallest absolute Gasteiger partial charge is 0.141 e. The van der Waals surface area contributed by atoms with Crippen LogP contribution in [0, 0.1) is 6.92 Å². The predicted octanol–water partition coefficient (Wildman–Crippen LogP) is 0.390. The van der Waals surface area contributed by atoms with E-state index < -0.39 is 0 Å². The molecule has 48 valence electrons. The number of aromatic nitrogens is 2. The number of aryl methyl sites for hydroxylation is 1. The van der Waals surface area contributed by atoms with Crippen LogP contribution in [0.2, 0.25) is 0 Å². The number of rotatable bonds is 2. The summed E-state index contributed by atoms with van der Waals surface area (Å²) in [5, 5.41) is 3.89. The normalized spacial score (nSPS) is 9.44. The number of hydrogen-bond acceptors (Lipinski definition) is 2. The molecule has 0 aliphatic rings. The monoisotopic (exact) mass is 124 g/mol. The molecule has 0 fully saturated rings. The molecule has 1 aromatic rings. The maximum Gasteiger partial charge on any atom is 0.141 e. The molecule has 0 amide bonds. The Bertz CT molecular complexity index is 205. The summed E-state index contributed by atoms with van der Waals surface area (Å²) in [5.41, 5.74) is 1.08. The van der Waals surface area contributed by atoms with Crippen molar-refractivity contribution < 1.29 is 4.79 Å². The van der Waals surface area contributed by atoms with Gasteiger partial charge < -0.3 is 4.79 Å². The number of carbonyl (C=O) groups excluding carboxylic acids is 1. The molecular weight excluding hydrogens is 116 g/mol. The summed E-state index contributed by atoms with van der Waals surface area (Å²) in [7, 11) is 0. The van der Waals surface area contributed by atoms with Gasteiger partial charge in [-0.05, 0) is 12.5 Å². The standard InChI is InChI=1S/C6H8N2O/c1-6-4-7-8(5-6)2-3-9/h3-5H,2H2,1H3. The number of aldehydes is 1. The number of hydrogen-bond donors (Lipinski definition) is 0. The summed E-state index contributed by atoms with van der Waals surface area (Å²) in [6, 6.07) is 0. The van der Waals surface area contributed by atoms with Gasteiger partial charge in [0.05, 0.1) is 12.7 Å². The maximum absolute atomic E-state index is 9.92. The molecule has 0 unspecified atom stereocenters. The highest BCUT2D eigenvalue weighted by Crippen LogP contribution is 1.91. The molecular formula is C6H8N2O. The summed E-state index contributed by atoms with van der Waals surface area (Å²) >= 11 is 0. The molecule has 1 heterocycles. The third-order valence-corrected chi connectivity index (χ3v) is 1.02. The molecule has 0 saturated heterocycles. The van der Waals surface area contributed by atoms with Crippen molar-refractivity contribution in [3.8, 4) is 0 Å². The van der Waals surface area contributed by atoms with Gasteiger partial charge in [0, 0.05) is 6.20 Å². The van der Waals surface area contributed by atoms with Crippen molar-refractivity contribution in [3.63, 3.8) is 0 Å². The molecule has 1 rings (SSSR count). The lowest BCUT2D eigenvalue weighted by molar-refractivity contribution is -0.108. The van der Waals surface area contributed by atoms with Crippen LogP contribution < -0.4 is 0 Å². The average molecular weight is 124 g/mol. The predicted molar refractivity (Wildman–Crippen MR) is 33.0 cm³/mol. The summed E-state index contributed by atoms with van der Waals surface area (Å²) < 4.78 is 1.60. The molecule has 0 bridgehead atoms. The SMILES string of the molecule is Cc1cnn(CC=O)c1. The van der Waals surface area contributed by atoms with E-state index in [0.717, 1.165) is 11.8 Å². The van der Waals surface area contributed by atoms with Crippen molar-refractivity contribution >= 4 is 6.29 Å². The molecule has 1 aromatic heterocycles. The van der Waals surface area contributed by atoms with E-state index in [1.165, 1.54) is 0 Å². The van der Waals surface area contributed by atoms with Crippen LogP contribution in [0.5, 0.6) is 0 Å². The van der Waals surface area contributed by atoms with Crippen molar-refractivity contribution in [2.45, 2.75) is 13.5 Å². The first-order valence-electron chi connectivity index (χ1n) is 2.75. The molecule has 0 aliphatic heterocycles. The van der Waals surface area contributed by atoms with Gasteiger partial charge in [-0.1, -0.05) is 0 Å². The molecule has 0 aromatic carbocycles. The Morgan fingerprint density at radius 1 is 1.89 bits per heavy atom. The third-order valence-electron chi connectivity index (χ3n) is 1.02. The molecule has 0 spiro atoms. The van der Waals surface area contributed by atoms with Crippen LogP contribution in [0.1, 0.15) is 5.56 Å². The minimum absolute atomic E-state index is 0.355. The summed E-state index contributed by atoms with van der Waals surface area (Å²) in [6.07, 6.45) is 4.38. The van der Waals surface area contributed by atoms with Gasteiger partial charge in [-0.2, -0.15) is 5.10 Å². The van der Waals surface area contributed by atoms with Crippen LogP contribution >= 0.6 is 0 Å². The van der Waals surface area contributed by atoms with Crippen molar-refractivity contribution in [1.29, 1.82) is 0 Å². The van der Waals surface area contributed by atoms with Gasteiger partial charge >= 0.3 is 0 Å². The van der Waals surface area contributed by atoms with E-state index in [1.807, 2.05) is 13.1 Å². The Hall–Kier alpha value is -1.12. The third kappa shape index (κ3) is 1.38. The van der Waals surface area contributed by atoms with Crippen LogP contribution in [-0.4, -0.2) is 16.1 Å². The van der Waals surface area contributed by atoms with E-state index >= 15 is 0 Å². The van der Waals surface area contributed by atoms with Crippen molar-refractivity contribution in [1.82, 2.24) is 9.78 Å². The minimum Gasteiger partial charge on any atom is -0.301 e. The van der Waals surface area contributed by atoms with Crippen molar-refractivity contribution in [2.24, 2.45) is 0 Å². The number of carbonyl (C=O) groups is 1. The zero-order valence-corrected chi connectivity index (χ0v) is 5.24. The fraction of sp³-hybridized carbons (Fsp3) is 0.333. The Kier molecular flexibility index (Phi) is 1.63. The first-order chi connectivity index (χ1) is 4.33. The van der Waals surface area contributed by atoms with Crippen LogP contribution in [-0.2, 0) is 11.3 Å². The largest absolute Gasteiger partial charge is 0.301 e. The molecule has 9 heavy (non-hydrogen) atoms. The molecule has 3 heteroatoms. The lowest BCUT2D eigenvalue weighted by atomic mass is 10.4.